The first-order valence-electron chi connectivity index (χ1n) is 6.52. The first-order chi connectivity index (χ1) is 9.66. The van der Waals surface area contributed by atoms with Crippen LogP contribution in [0.2, 0.25) is 0 Å². The molecule has 2 aromatic rings. The average Bonchev–Trinajstić information content (AvgIpc) is 3.06. The Balaban J connectivity index is 1.80. The standard InChI is InChI=1S/C14H14N2O4/c17-13(16-7-3-5-11(16)14(18)19)8-10-9-4-1-2-6-12(9)20-15-10/h1-2,4,6,11H,3,5,7-8H2,(H,18,19)/t11-/m0/s1. The molecule has 1 aromatic heterocycles. The molecular weight excluding hydrogens is 260 g/mol. The average molecular weight is 274 g/mol. The molecule has 1 aromatic carbocycles. The number of benzene rings is 1. The number of rotatable bonds is 3. The molecule has 1 fully saturated rings. The highest BCUT2D eigenvalue weighted by Gasteiger charge is 2.34. The van der Waals surface area contributed by atoms with Crippen molar-refractivity contribution in [2.45, 2.75) is 25.3 Å². The van der Waals surface area contributed by atoms with Gasteiger partial charge in [-0.25, -0.2) is 4.79 Å². The zero-order chi connectivity index (χ0) is 14.1. The number of carboxylic acid groups (broad SMARTS) is 1. The van der Waals surface area contributed by atoms with Crippen LogP contribution >= 0.6 is 0 Å². The molecule has 6 nitrogen and oxygen atoms in total. The van der Waals surface area contributed by atoms with Gasteiger partial charge in [0.1, 0.15) is 11.7 Å². The number of hydrogen-bond acceptors (Lipinski definition) is 4. The maximum Gasteiger partial charge on any atom is 0.326 e. The molecule has 1 saturated heterocycles. The van der Waals surface area contributed by atoms with Gasteiger partial charge in [-0.3, -0.25) is 4.79 Å². The van der Waals surface area contributed by atoms with E-state index in [4.69, 9.17) is 9.63 Å². The SMILES string of the molecule is O=C(O)[C@@H]1CCCN1C(=O)Cc1noc2ccccc12. The Labute approximate surface area is 115 Å². The van der Waals surface area contributed by atoms with Crippen LogP contribution in [0.15, 0.2) is 28.8 Å². The molecule has 1 amide bonds. The normalized spacial score (nSPS) is 18.6. The van der Waals surface area contributed by atoms with Crippen LogP contribution in [-0.4, -0.2) is 39.6 Å². The quantitative estimate of drug-likeness (QED) is 0.915. The predicted octanol–water partition coefficient (Wildman–Crippen LogP) is 1.45. The Morgan fingerprint density at radius 1 is 1.40 bits per heavy atom. The highest BCUT2D eigenvalue weighted by molar-refractivity contribution is 5.89. The van der Waals surface area contributed by atoms with Gasteiger partial charge in [0.15, 0.2) is 5.58 Å². The zero-order valence-corrected chi connectivity index (χ0v) is 10.8. The predicted molar refractivity (Wildman–Crippen MR) is 70.1 cm³/mol. The van der Waals surface area contributed by atoms with Crippen molar-refractivity contribution < 1.29 is 19.2 Å². The third kappa shape index (κ3) is 2.13. The van der Waals surface area contributed by atoms with E-state index in [1.54, 1.807) is 6.07 Å². The Morgan fingerprint density at radius 3 is 3.00 bits per heavy atom. The second-order valence-electron chi connectivity index (χ2n) is 4.89. The van der Waals surface area contributed by atoms with Crippen molar-refractivity contribution in [1.29, 1.82) is 0 Å². The molecule has 0 bridgehead atoms. The minimum absolute atomic E-state index is 0.0702. The molecule has 0 radical (unpaired) electrons. The van der Waals surface area contributed by atoms with Crippen molar-refractivity contribution in [2.24, 2.45) is 0 Å². The lowest BCUT2D eigenvalue weighted by atomic mass is 10.1. The number of carbonyl (C=O) groups excluding carboxylic acids is 1. The number of fused-ring (bicyclic) bond motifs is 1. The smallest absolute Gasteiger partial charge is 0.326 e. The van der Waals surface area contributed by atoms with Gasteiger partial charge < -0.3 is 14.5 Å². The van der Waals surface area contributed by atoms with Crippen LogP contribution in [0, 0.1) is 0 Å². The first-order valence-corrected chi connectivity index (χ1v) is 6.52. The van der Waals surface area contributed by atoms with Gasteiger partial charge in [0, 0.05) is 11.9 Å². The number of aromatic nitrogens is 1. The van der Waals surface area contributed by atoms with Gasteiger partial charge in [0.05, 0.1) is 6.42 Å². The molecule has 2 heterocycles. The summed E-state index contributed by atoms with van der Waals surface area (Å²) in [6.07, 6.45) is 1.31. The fourth-order valence-corrected chi connectivity index (χ4v) is 2.63. The summed E-state index contributed by atoms with van der Waals surface area (Å²) in [4.78, 5) is 24.8. The molecule has 3 rings (SSSR count). The molecule has 0 saturated carbocycles. The fourth-order valence-electron chi connectivity index (χ4n) is 2.63. The van der Waals surface area contributed by atoms with Crippen LogP contribution in [0.1, 0.15) is 18.5 Å². The lowest BCUT2D eigenvalue weighted by Gasteiger charge is -2.20. The van der Waals surface area contributed by atoms with E-state index in [0.29, 0.717) is 24.2 Å². The summed E-state index contributed by atoms with van der Waals surface area (Å²) >= 11 is 0. The van der Waals surface area contributed by atoms with Gasteiger partial charge in [0.25, 0.3) is 0 Å². The van der Waals surface area contributed by atoms with Crippen LogP contribution < -0.4 is 0 Å². The van der Waals surface area contributed by atoms with Gasteiger partial charge in [-0.05, 0) is 25.0 Å². The van der Waals surface area contributed by atoms with Crippen LogP contribution in [0.25, 0.3) is 11.0 Å². The Kier molecular flexibility index (Phi) is 3.14. The van der Waals surface area contributed by atoms with Gasteiger partial charge in [0.2, 0.25) is 5.91 Å². The zero-order valence-electron chi connectivity index (χ0n) is 10.8. The highest BCUT2D eigenvalue weighted by atomic mass is 16.5. The second kappa shape index (κ2) is 4.96. The number of para-hydroxylation sites is 1. The molecule has 1 N–H and O–H groups in total. The van der Waals surface area contributed by atoms with Crippen LogP contribution in [0.4, 0.5) is 0 Å². The molecule has 1 aliphatic rings. The van der Waals surface area contributed by atoms with Gasteiger partial charge in [-0.15, -0.1) is 0 Å². The van der Waals surface area contributed by atoms with Crippen LogP contribution in [-0.2, 0) is 16.0 Å². The van der Waals surface area contributed by atoms with E-state index in [2.05, 4.69) is 5.16 Å². The Hall–Kier alpha value is -2.37. The van der Waals surface area contributed by atoms with Gasteiger partial charge >= 0.3 is 5.97 Å². The number of nitrogens with zero attached hydrogens (tertiary/aromatic N) is 2. The monoisotopic (exact) mass is 274 g/mol. The van der Waals surface area contributed by atoms with Gasteiger partial charge in [-0.1, -0.05) is 17.3 Å². The van der Waals surface area contributed by atoms with Crippen molar-refractivity contribution in [3.8, 4) is 0 Å². The minimum atomic E-state index is -0.944. The van der Waals surface area contributed by atoms with E-state index in [1.165, 1.54) is 4.90 Å². The van der Waals surface area contributed by atoms with E-state index in [9.17, 15) is 9.59 Å². The summed E-state index contributed by atoms with van der Waals surface area (Å²) < 4.78 is 5.15. The summed E-state index contributed by atoms with van der Waals surface area (Å²) in [5.74, 6) is -1.16. The van der Waals surface area contributed by atoms with E-state index >= 15 is 0 Å². The minimum Gasteiger partial charge on any atom is -0.480 e. The van der Waals surface area contributed by atoms with Crippen LogP contribution in [0.5, 0.6) is 0 Å². The van der Waals surface area contributed by atoms with Crippen molar-refractivity contribution >= 4 is 22.8 Å². The van der Waals surface area contributed by atoms with E-state index < -0.39 is 12.0 Å². The van der Waals surface area contributed by atoms with Crippen molar-refractivity contribution in [3.05, 3.63) is 30.0 Å². The summed E-state index contributed by atoms with van der Waals surface area (Å²) in [5, 5.41) is 13.8. The number of carboxylic acids is 1. The molecule has 104 valence electrons. The Bertz CT molecular complexity index is 664. The van der Waals surface area contributed by atoms with E-state index in [0.717, 1.165) is 11.8 Å². The molecular formula is C14H14N2O4. The largest absolute Gasteiger partial charge is 0.480 e. The summed E-state index contributed by atoms with van der Waals surface area (Å²) in [7, 11) is 0. The lowest BCUT2D eigenvalue weighted by Crippen LogP contribution is -2.41. The van der Waals surface area contributed by atoms with E-state index in [-0.39, 0.29) is 12.3 Å². The molecule has 0 aliphatic carbocycles. The van der Waals surface area contributed by atoms with Crippen molar-refractivity contribution in [3.63, 3.8) is 0 Å². The molecule has 0 unspecified atom stereocenters. The summed E-state index contributed by atoms with van der Waals surface area (Å²) in [6, 6.07) is 6.60. The molecule has 6 heteroatoms. The highest BCUT2D eigenvalue weighted by Crippen LogP contribution is 2.22. The van der Waals surface area contributed by atoms with Crippen molar-refractivity contribution in [2.75, 3.05) is 6.54 Å². The second-order valence-corrected chi connectivity index (χ2v) is 4.89. The van der Waals surface area contributed by atoms with Gasteiger partial charge in [-0.2, -0.15) is 0 Å². The fraction of sp³-hybridized carbons (Fsp3) is 0.357. The maximum absolute atomic E-state index is 12.3. The molecule has 1 aliphatic heterocycles. The summed E-state index contributed by atoms with van der Waals surface area (Å²) in [6.45, 7) is 0.492. The Morgan fingerprint density at radius 2 is 2.20 bits per heavy atom. The molecule has 0 spiro atoms. The maximum atomic E-state index is 12.3. The number of aliphatic carboxylic acids is 1. The third-order valence-electron chi connectivity index (χ3n) is 3.63. The number of likely N-dealkylation sites (tertiary alicyclic amines) is 1. The van der Waals surface area contributed by atoms with Crippen LogP contribution in [0.3, 0.4) is 0 Å². The summed E-state index contributed by atoms with van der Waals surface area (Å²) in [5.41, 5.74) is 1.19. The number of carbonyl (C=O) groups is 2. The molecule has 20 heavy (non-hydrogen) atoms. The first kappa shape index (κ1) is 12.7. The van der Waals surface area contributed by atoms with E-state index in [1.807, 2.05) is 18.2 Å². The molecule has 1 atom stereocenters. The third-order valence-corrected chi connectivity index (χ3v) is 3.63. The topological polar surface area (TPSA) is 83.6 Å². The van der Waals surface area contributed by atoms with Crippen molar-refractivity contribution in [1.82, 2.24) is 10.1 Å². The number of amides is 1. The number of hydrogen-bond donors (Lipinski definition) is 1. The lowest BCUT2D eigenvalue weighted by molar-refractivity contribution is -0.148.